The number of amides is 1. The fraction of sp³-hybridized carbons (Fsp3) is 0.250. The number of carboxylic acids is 1. The number of hydrogen-bond acceptors (Lipinski definition) is 5. The second-order valence-corrected chi connectivity index (χ2v) is 5.78. The molecular formula is C12H12N2O3S2. The van der Waals surface area contributed by atoms with Crippen LogP contribution in [0.4, 0.5) is 0 Å². The summed E-state index contributed by atoms with van der Waals surface area (Å²) in [6, 6.07) is 1.90. The fourth-order valence-corrected chi connectivity index (χ4v) is 3.05. The summed E-state index contributed by atoms with van der Waals surface area (Å²) in [7, 11) is 0. The summed E-state index contributed by atoms with van der Waals surface area (Å²) in [5, 5.41) is 16.1. The molecule has 0 saturated heterocycles. The number of aryl methyl sites for hydroxylation is 1. The van der Waals surface area contributed by atoms with Gasteiger partial charge in [0.15, 0.2) is 0 Å². The van der Waals surface area contributed by atoms with Crippen LogP contribution in [-0.4, -0.2) is 22.0 Å². The lowest BCUT2D eigenvalue weighted by Crippen LogP contribution is -2.24. The summed E-state index contributed by atoms with van der Waals surface area (Å²) in [4.78, 5) is 26.9. The number of rotatable bonds is 5. The van der Waals surface area contributed by atoms with Crippen molar-refractivity contribution in [1.29, 1.82) is 0 Å². The summed E-state index contributed by atoms with van der Waals surface area (Å²) in [6.45, 7) is 1.92. The third-order valence-electron chi connectivity index (χ3n) is 2.42. The summed E-state index contributed by atoms with van der Waals surface area (Å²) < 4.78 is 0. The maximum Gasteiger partial charge on any atom is 0.347 e. The first-order chi connectivity index (χ1) is 9.06. The normalized spacial score (nSPS) is 10.4. The van der Waals surface area contributed by atoms with Crippen LogP contribution in [0.1, 0.15) is 25.9 Å². The highest BCUT2D eigenvalue weighted by Crippen LogP contribution is 2.17. The Bertz CT molecular complexity index is 590. The molecule has 2 heterocycles. The minimum absolute atomic E-state index is 0.0943. The highest BCUT2D eigenvalue weighted by molar-refractivity contribution is 7.13. The Morgan fingerprint density at radius 1 is 1.47 bits per heavy atom. The molecule has 100 valence electrons. The van der Waals surface area contributed by atoms with Crippen molar-refractivity contribution in [2.24, 2.45) is 0 Å². The van der Waals surface area contributed by atoms with E-state index in [4.69, 9.17) is 5.11 Å². The molecule has 2 rings (SSSR count). The minimum atomic E-state index is -0.981. The number of carbonyl (C=O) groups excluding carboxylic acids is 1. The molecule has 5 nitrogen and oxygen atoms in total. The van der Waals surface area contributed by atoms with E-state index in [0.717, 1.165) is 16.9 Å². The van der Waals surface area contributed by atoms with Gasteiger partial charge in [-0.15, -0.1) is 11.3 Å². The largest absolute Gasteiger partial charge is 0.477 e. The van der Waals surface area contributed by atoms with Crippen molar-refractivity contribution in [1.82, 2.24) is 10.3 Å². The fourth-order valence-electron chi connectivity index (χ4n) is 1.54. The number of thiophene rings is 1. The van der Waals surface area contributed by atoms with Gasteiger partial charge in [-0.3, -0.25) is 4.79 Å². The van der Waals surface area contributed by atoms with E-state index in [2.05, 4.69) is 10.3 Å². The van der Waals surface area contributed by atoms with Gasteiger partial charge >= 0.3 is 5.97 Å². The molecule has 0 unspecified atom stereocenters. The second-order valence-electron chi connectivity index (χ2n) is 3.91. The third kappa shape index (κ3) is 3.62. The van der Waals surface area contributed by atoms with Crippen LogP contribution in [0.5, 0.6) is 0 Å². The van der Waals surface area contributed by atoms with E-state index in [1.54, 1.807) is 18.3 Å². The first-order valence-electron chi connectivity index (χ1n) is 5.53. The second kappa shape index (κ2) is 5.94. The molecule has 0 aliphatic heterocycles. The number of aromatic carboxylic acids is 1. The molecule has 0 fully saturated rings. The highest BCUT2D eigenvalue weighted by atomic mass is 32.1. The number of aromatic nitrogens is 1. The van der Waals surface area contributed by atoms with Gasteiger partial charge in [0.05, 0.1) is 18.7 Å². The van der Waals surface area contributed by atoms with Crippen molar-refractivity contribution in [2.75, 3.05) is 0 Å². The Morgan fingerprint density at radius 3 is 2.84 bits per heavy atom. The van der Waals surface area contributed by atoms with Gasteiger partial charge in [-0.25, -0.2) is 9.78 Å². The van der Waals surface area contributed by atoms with Gasteiger partial charge in [0.1, 0.15) is 9.88 Å². The SMILES string of the molecule is Cc1nc(CNC(=O)Cc2ccsc2)sc1C(=O)O. The van der Waals surface area contributed by atoms with Crippen molar-refractivity contribution in [2.45, 2.75) is 19.9 Å². The van der Waals surface area contributed by atoms with Gasteiger partial charge in [-0.05, 0) is 29.3 Å². The number of hydrogen-bond donors (Lipinski definition) is 2. The molecule has 0 radical (unpaired) electrons. The summed E-state index contributed by atoms with van der Waals surface area (Å²) >= 11 is 2.64. The van der Waals surface area contributed by atoms with Crippen LogP contribution in [-0.2, 0) is 17.8 Å². The lowest BCUT2D eigenvalue weighted by molar-refractivity contribution is -0.120. The lowest BCUT2D eigenvalue weighted by Gasteiger charge is -2.01. The molecule has 1 amide bonds. The van der Waals surface area contributed by atoms with Gasteiger partial charge in [0.25, 0.3) is 0 Å². The summed E-state index contributed by atoms with van der Waals surface area (Å²) in [6.07, 6.45) is 0.333. The molecule has 0 aromatic carbocycles. The number of nitrogens with one attached hydrogen (secondary N) is 1. The van der Waals surface area contributed by atoms with Crippen LogP contribution in [0, 0.1) is 6.92 Å². The lowest BCUT2D eigenvalue weighted by atomic mass is 10.2. The molecule has 7 heteroatoms. The molecule has 2 aromatic rings. The van der Waals surface area contributed by atoms with Crippen LogP contribution in [0.2, 0.25) is 0 Å². The van der Waals surface area contributed by atoms with Crippen molar-refractivity contribution in [3.63, 3.8) is 0 Å². The monoisotopic (exact) mass is 296 g/mol. The molecular weight excluding hydrogens is 284 g/mol. The smallest absolute Gasteiger partial charge is 0.347 e. The summed E-state index contributed by atoms with van der Waals surface area (Å²) in [5.74, 6) is -1.08. The number of carboxylic acid groups (broad SMARTS) is 1. The van der Waals surface area contributed by atoms with Crippen LogP contribution in [0.3, 0.4) is 0 Å². The predicted octanol–water partition coefficient (Wildman–Crippen LogP) is 2.07. The molecule has 0 bridgehead atoms. The average molecular weight is 296 g/mol. The molecule has 0 saturated carbocycles. The van der Waals surface area contributed by atoms with E-state index < -0.39 is 5.97 Å². The van der Waals surface area contributed by atoms with E-state index in [0.29, 0.717) is 17.1 Å². The highest BCUT2D eigenvalue weighted by Gasteiger charge is 2.14. The molecule has 2 N–H and O–H groups in total. The van der Waals surface area contributed by atoms with E-state index >= 15 is 0 Å². The summed E-state index contributed by atoms with van der Waals surface area (Å²) in [5.41, 5.74) is 1.46. The van der Waals surface area contributed by atoms with Crippen molar-refractivity contribution >= 4 is 34.6 Å². The van der Waals surface area contributed by atoms with Crippen LogP contribution in [0.25, 0.3) is 0 Å². The van der Waals surface area contributed by atoms with Gasteiger partial charge in [-0.1, -0.05) is 0 Å². The third-order valence-corrected chi connectivity index (χ3v) is 4.29. The quantitative estimate of drug-likeness (QED) is 0.885. The molecule has 0 spiro atoms. The standard InChI is InChI=1S/C12H12N2O3S2/c1-7-11(12(16)17)19-10(14-7)5-13-9(15)4-8-2-3-18-6-8/h2-3,6H,4-5H2,1H3,(H,13,15)(H,16,17). The van der Waals surface area contributed by atoms with Crippen molar-refractivity contribution in [3.05, 3.63) is 38.0 Å². The molecule has 0 atom stereocenters. The van der Waals surface area contributed by atoms with Gasteiger partial charge in [0.2, 0.25) is 5.91 Å². The number of carbonyl (C=O) groups is 2. The molecule has 2 aromatic heterocycles. The average Bonchev–Trinajstić information content (AvgIpc) is 2.96. The van der Waals surface area contributed by atoms with Crippen LogP contribution < -0.4 is 5.32 Å². The van der Waals surface area contributed by atoms with Crippen molar-refractivity contribution < 1.29 is 14.7 Å². The molecule has 19 heavy (non-hydrogen) atoms. The first kappa shape index (κ1) is 13.7. The maximum absolute atomic E-state index is 11.7. The molecule has 0 aliphatic carbocycles. The Hall–Kier alpha value is -1.73. The predicted molar refractivity (Wildman–Crippen MR) is 73.7 cm³/mol. The van der Waals surface area contributed by atoms with Crippen molar-refractivity contribution in [3.8, 4) is 0 Å². The number of nitrogens with zero attached hydrogens (tertiary/aromatic N) is 1. The van der Waals surface area contributed by atoms with Crippen LogP contribution in [0.15, 0.2) is 16.8 Å². The zero-order chi connectivity index (χ0) is 13.8. The Kier molecular flexibility index (Phi) is 4.28. The Balaban J connectivity index is 1.90. The van der Waals surface area contributed by atoms with Crippen LogP contribution >= 0.6 is 22.7 Å². The van der Waals surface area contributed by atoms with Gasteiger partial charge in [-0.2, -0.15) is 11.3 Å². The van der Waals surface area contributed by atoms with E-state index in [1.807, 2.05) is 16.8 Å². The van der Waals surface area contributed by atoms with E-state index in [1.165, 1.54) is 0 Å². The Morgan fingerprint density at radius 2 is 2.26 bits per heavy atom. The first-order valence-corrected chi connectivity index (χ1v) is 7.29. The van der Waals surface area contributed by atoms with E-state index in [9.17, 15) is 9.59 Å². The Labute approximate surface area is 117 Å². The van der Waals surface area contributed by atoms with Gasteiger partial charge in [0, 0.05) is 0 Å². The zero-order valence-electron chi connectivity index (χ0n) is 10.2. The van der Waals surface area contributed by atoms with E-state index in [-0.39, 0.29) is 17.3 Å². The minimum Gasteiger partial charge on any atom is -0.477 e. The van der Waals surface area contributed by atoms with Gasteiger partial charge < -0.3 is 10.4 Å². The molecule has 0 aliphatic rings. The number of thiazole rings is 1. The zero-order valence-corrected chi connectivity index (χ0v) is 11.8. The topological polar surface area (TPSA) is 79.3 Å². The maximum atomic E-state index is 11.7.